The summed E-state index contributed by atoms with van der Waals surface area (Å²) in [6, 6.07) is 2.21. The van der Waals surface area contributed by atoms with Crippen LogP contribution in [0, 0.1) is 35.5 Å². The zero-order chi connectivity index (χ0) is 22.5. The van der Waals surface area contributed by atoms with Crippen molar-refractivity contribution in [2.75, 3.05) is 27.9 Å². The molecule has 0 radical (unpaired) electrons. The third kappa shape index (κ3) is 6.31. The molecule has 2 saturated carbocycles. The summed E-state index contributed by atoms with van der Waals surface area (Å²) in [7, 11) is 2.68. The Bertz CT molecular complexity index is 457. The van der Waals surface area contributed by atoms with Gasteiger partial charge in [0.15, 0.2) is 0 Å². The zero-order valence-corrected chi connectivity index (χ0v) is 22.4. The van der Waals surface area contributed by atoms with Gasteiger partial charge in [0, 0.05) is 46.0 Å². The highest BCUT2D eigenvalue weighted by atomic mass is 28.4. The van der Waals surface area contributed by atoms with Gasteiger partial charge in [0.2, 0.25) is 0 Å². The summed E-state index contributed by atoms with van der Waals surface area (Å²) < 4.78 is 17.5. The minimum absolute atomic E-state index is 0.669. The number of nitrogens with zero attached hydrogens (tertiary/aromatic N) is 1. The van der Waals surface area contributed by atoms with E-state index in [0.717, 1.165) is 48.1 Å². The van der Waals surface area contributed by atoms with Crippen molar-refractivity contribution >= 4 is 8.80 Å². The Kier molecular flexibility index (Phi) is 10.3. The third-order valence-corrected chi connectivity index (χ3v) is 11.1. The van der Waals surface area contributed by atoms with Crippen LogP contribution >= 0.6 is 0 Å². The second kappa shape index (κ2) is 11.8. The molecule has 0 aliphatic heterocycles. The predicted molar refractivity (Wildman–Crippen MR) is 129 cm³/mol. The second-order valence-electron chi connectivity index (χ2n) is 11.1. The highest BCUT2D eigenvalue weighted by molar-refractivity contribution is 6.60. The lowest BCUT2D eigenvalue weighted by molar-refractivity contribution is -0.0222. The van der Waals surface area contributed by atoms with Crippen LogP contribution in [0.3, 0.4) is 0 Å². The average Bonchev–Trinajstić information content (AvgIpc) is 2.71. The van der Waals surface area contributed by atoms with Gasteiger partial charge in [-0.2, -0.15) is 0 Å². The quantitative estimate of drug-likeness (QED) is 0.384. The largest absolute Gasteiger partial charge is 0.501 e. The number of hydrogen-bond acceptors (Lipinski definition) is 4. The molecule has 2 rings (SSSR count). The maximum absolute atomic E-state index is 5.82. The minimum Gasteiger partial charge on any atom is -0.377 e. The highest BCUT2D eigenvalue weighted by Gasteiger charge is 2.45. The Balaban J connectivity index is 2.37. The van der Waals surface area contributed by atoms with E-state index in [1.54, 1.807) is 21.3 Å². The Hall–Kier alpha value is 0.0569. The molecule has 2 fully saturated rings. The normalized spacial score (nSPS) is 33.6. The van der Waals surface area contributed by atoms with Gasteiger partial charge in [-0.05, 0) is 61.2 Å². The van der Waals surface area contributed by atoms with E-state index in [4.69, 9.17) is 13.3 Å². The smallest absolute Gasteiger partial charge is 0.377 e. The van der Waals surface area contributed by atoms with Crippen LogP contribution in [0.2, 0.25) is 6.04 Å². The average molecular weight is 442 g/mol. The molecule has 0 N–H and O–H groups in total. The Labute approximate surface area is 188 Å². The van der Waals surface area contributed by atoms with Gasteiger partial charge in [-0.1, -0.05) is 54.4 Å². The van der Waals surface area contributed by atoms with Crippen LogP contribution in [0.4, 0.5) is 0 Å². The summed E-state index contributed by atoms with van der Waals surface area (Å²) in [5.74, 6) is 4.68. The molecule has 0 aromatic rings. The van der Waals surface area contributed by atoms with Crippen LogP contribution in [0.1, 0.15) is 80.1 Å². The van der Waals surface area contributed by atoms with Crippen molar-refractivity contribution in [3.8, 4) is 0 Å². The summed E-state index contributed by atoms with van der Waals surface area (Å²) >= 11 is 0. The molecule has 2 aliphatic rings. The summed E-state index contributed by atoms with van der Waals surface area (Å²) in [6.45, 7) is 15.7. The first-order valence-corrected chi connectivity index (χ1v) is 14.5. The van der Waals surface area contributed by atoms with Crippen LogP contribution in [0.25, 0.3) is 0 Å². The van der Waals surface area contributed by atoms with Crippen molar-refractivity contribution in [1.29, 1.82) is 0 Å². The molecule has 5 heteroatoms. The molecule has 6 unspecified atom stereocenters. The van der Waals surface area contributed by atoms with E-state index in [2.05, 4.69) is 46.4 Å². The van der Waals surface area contributed by atoms with E-state index in [0.29, 0.717) is 12.1 Å². The first kappa shape index (κ1) is 26.3. The lowest BCUT2D eigenvalue weighted by Crippen LogP contribution is -2.57. The topological polar surface area (TPSA) is 30.9 Å². The summed E-state index contributed by atoms with van der Waals surface area (Å²) in [4.78, 5) is 2.94. The lowest BCUT2D eigenvalue weighted by Gasteiger charge is -2.52. The Morgan fingerprint density at radius 2 is 1.13 bits per heavy atom. The fourth-order valence-corrected chi connectivity index (χ4v) is 8.11. The molecule has 0 aromatic heterocycles. The first-order chi connectivity index (χ1) is 14.2. The monoisotopic (exact) mass is 441 g/mol. The van der Waals surface area contributed by atoms with Gasteiger partial charge in [0.25, 0.3) is 0 Å². The van der Waals surface area contributed by atoms with Crippen LogP contribution in [0.15, 0.2) is 0 Å². The zero-order valence-electron chi connectivity index (χ0n) is 21.4. The number of hydrogen-bond donors (Lipinski definition) is 0. The molecule has 30 heavy (non-hydrogen) atoms. The minimum atomic E-state index is -2.58. The molecular formula is C25H51NO3Si. The van der Waals surface area contributed by atoms with Crippen molar-refractivity contribution in [2.45, 2.75) is 98.2 Å². The fourth-order valence-electron chi connectivity index (χ4n) is 6.47. The Morgan fingerprint density at radius 1 is 0.733 bits per heavy atom. The molecule has 0 spiro atoms. The predicted octanol–water partition coefficient (Wildman–Crippen LogP) is 6.09. The van der Waals surface area contributed by atoms with E-state index in [1.165, 1.54) is 38.5 Å². The highest BCUT2D eigenvalue weighted by Crippen LogP contribution is 2.43. The van der Waals surface area contributed by atoms with Gasteiger partial charge in [0.1, 0.15) is 0 Å². The molecule has 0 saturated heterocycles. The SMILES string of the molecule is CO[Si](CCN(C1CC(C)CCC1C(C)C)C1CC(C)CCC1C(C)C)(OC)OC. The molecule has 0 heterocycles. The second-order valence-corrected chi connectivity index (χ2v) is 14.2. The van der Waals surface area contributed by atoms with Crippen molar-refractivity contribution in [3.63, 3.8) is 0 Å². The van der Waals surface area contributed by atoms with Crippen molar-refractivity contribution in [1.82, 2.24) is 4.90 Å². The van der Waals surface area contributed by atoms with Gasteiger partial charge in [-0.3, -0.25) is 4.90 Å². The molecule has 0 aromatic carbocycles. The van der Waals surface area contributed by atoms with Crippen LogP contribution < -0.4 is 0 Å². The van der Waals surface area contributed by atoms with Crippen molar-refractivity contribution in [2.24, 2.45) is 35.5 Å². The molecule has 178 valence electrons. The molecule has 0 amide bonds. The summed E-state index contributed by atoms with van der Waals surface area (Å²) in [5, 5.41) is 0. The maximum atomic E-state index is 5.82. The molecular weight excluding hydrogens is 390 g/mol. The van der Waals surface area contributed by atoms with Crippen molar-refractivity contribution in [3.05, 3.63) is 0 Å². The van der Waals surface area contributed by atoms with Gasteiger partial charge in [0.05, 0.1) is 0 Å². The fraction of sp³-hybridized carbons (Fsp3) is 1.00. The Morgan fingerprint density at radius 3 is 1.47 bits per heavy atom. The van der Waals surface area contributed by atoms with Crippen LogP contribution in [0.5, 0.6) is 0 Å². The van der Waals surface area contributed by atoms with E-state index in [9.17, 15) is 0 Å². The van der Waals surface area contributed by atoms with Gasteiger partial charge in [-0.15, -0.1) is 0 Å². The van der Waals surface area contributed by atoms with Gasteiger partial charge < -0.3 is 13.3 Å². The van der Waals surface area contributed by atoms with Crippen molar-refractivity contribution < 1.29 is 13.3 Å². The standard InChI is InChI=1S/C25H51NO3Si/c1-18(2)22-12-10-20(5)16-24(22)26(14-15-30(27-7,28-8)29-9)25-17-21(6)11-13-23(25)19(3)4/h18-25H,10-17H2,1-9H3. The first-order valence-electron chi connectivity index (χ1n) is 12.6. The molecule has 0 bridgehead atoms. The number of rotatable bonds is 10. The third-order valence-electron chi connectivity index (χ3n) is 8.44. The van der Waals surface area contributed by atoms with Crippen LogP contribution in [-0.2, 0) is 13.3 Å². The molecule has 2 aliphatic carbocycles. The maximum Gasteiger partial charge on any atom is 0.501 e. The van der Waals surface area contributed by atoms with Gasteiger partial charge in [-0.25, -0.2) is 0 Å². The van der Waals surface area contributed by atoms with E-state index >= 15 is 0 Å². The van der Waals surface area contributed by atoms with E-state index in [-0.39, 0.29) is 0 Å². The van der Waals surface area contributed by atoms with E-state index < -0.39 is 8.80 Å². The summed E-state index contributed by atoms with van der Waals surface area (Å²) in [5.41, 5.74) is 0. The lowest BCUT2D eigenvalue weighted by atomic mass is 9.69. The van der Waals surface area contributed by atoms with Gasteiger partial charge >= 0.3 is 8.80 Å². The summed E-state index contributed by atoms with van der Waals surface area (Å²) in [6.07, 6.45) is 8.18. The van der Waals surface area contributed by atoms with E-state index in [1.807, 2.05) is 0 Å². The molecule has 4 nitrogen and oxygen atoms in total. The molecule has 6 atom stereocenters. The van der Waals surface area contributed by atoms with Crippen LogP contribution in [-0.4, -0.2) is 53.7 Å².